The van der Waals surface area contributed by atoms with Gasteiger partial charge in [0.1, 0.15) is 0 Å². The summed E-state index contributed by atoms with van der Waals surface area (Å²) in [6.45, 7) is 12.4. The first-order chi connectivity index (χ1) is 8.56. The summed E-state index contributed by atoms with van der Waals surface area (Å²) in [7, 11) is 0. The predicted octanol–water partition coefficient (Wildman–Crippen LogP) is 2.36. The first-order valence-corrected chi connectivity index (χ1v) is 6.89. The van der Waals surface area contributed by atoms with Crippen LogP contribution in [0.3, 0.4) is 0 Å². The quantitative estimate of drug-likeness (QED) is 0.832. The molecule has 0 atom stereocenters. The number of nitrogens with two attached hydrogens (primary N) is 1. The number of hydrogen-bond acceptors (Lipinski definition) is 3. The van der Waals surface area contributed by atoms with Crippen LogP contribution >= 0.6 is 0 Å². The largest absolute Gasteiger partial charge is 0.399 e. The molecule has 0 aromatic heterocycles. The van der Waals surface area contributed by atoms with E-state index in [1.54, 1.807) is 0 Å². The summed E-state index contributed by atoms with van der Waals surface area (Å²) in [5, 5.41) is 0. The van der Waals surface area contributed by atoms with Crippen LogP contribution in [0.15, 0.2) is 18.2 Å². The fourth-order valence-corrected chi connectivity index (χ4v) is 2.56. The van der Waals surface area contributed by atoms with Crippen LogP contribution in [-0.4, -0.2) is 37.6 Å². The van der Waals surface area contributed by atoms with Gasteiger partial charge in [-0.3, -0.25) is 4.90 Å². The van der Waals surface area contributed by atoms with Crippen LogP contribution < -0.4 is 10.6 Å². The van der Waals surface area contributed by atoms with Crippen LogP contribution in [0.5, 0.6) is 0 Å². The third-order valence-electron chi connectivity index (χ3n) is 3.61. The maximum Gasteiger partial charge on any atom is 0.0371 e. The molecule has 0 spiro atoms. The number of hydrogen-bond donors (Lipinski definition) is 1. The van der Waals surface area contributed by atoms with Crippen molar-refractivity contribution in [2.24, 2.45) is 5.92 Å². The fourth-order valence-electron chi connectivity index (χ4n) is 2.56. The Kier molecular flexibility index (Phi) is 4.12. The second-order valence-corrected chi connectivity index (χ2v) is 5.72. The van der Waals surface area contributed by atoms with Gasteiger partial charge in [-0.1, -0.05) is 13.8 Å². The van der Waals surface area contributed by atoms with Gasteiger partial charge in [0.2, 0.25) is 0 Å². The number of piperazine rings is 1. The number of benzene rings is 1. The van der Waals surface area contributed by atoms with Crippen molar-refractivity contribution in [2.45, 2.75) is 20.8 Å². The Balaban J connectivity index is 1.94. The van der Waals surface area contributed by atoms with E-state index in [2.05, 4.69) is 42.7 Å². The molecule has 3 heteroatoms. The van der Waals surface area contributed by atoms with E-state index in [0.717, 1.165) is 24.7 Å². The van der Waals surface area contributed by atoms with E-state index in [1.807, 2.05) is 6.07 Å². The first-order valence-electron chi connectivity index (χ1n) is 6.89. The molecule has 0 aliphatic carbocycles. The molecule has 1 aromatic rings. The SMILES string of the molecule is Cc1cc(N2CCN(CC(C)C)CC2)ccc1N. The molecule has 1 heterocycles. The van der Waals surface area contributed by atoms with Gasteiger partial charge in [-0.15, -0.1) is 0 Å². The smallest absolute Gasteiger partial charge is 0.0371 e. The Morgan fingerprint density at radius 2 is 1.83 bits per heavy atom. The lowest BCUT2D eigenvalue weighted by atomic mass is 10.1. The Bertz CT molecular complexity index is 393. The number of rotatable bonds is 3. The van der Waals surface area contributed by atoms with E-state index in [9.17, 15) is 0 Å². The Morgan fingerprint density at radius 3 is 2.39 bits per heavy atom. The van der Waals surface area contributed by atoms with Crippen LogP contribution in [-0.2, 0) is 0 Å². The van der Waals surface area contributed by atoms with E-state index in [1.165, 1.54) is 30.9 Å². The molecule has 1 aliphatic heterocycles. The van der Waals surface area contributed by atoms with Gasteiger partial charge in [0.25, 0.3) is 0 Å². The van der Waals surface area contributed by atoms with Gasteiger partial charge in [-0.05, 0) is 36.6 Å². The monoisotopic (exact) mass is 247 g/mol. The highest BCUT2D eigenvalue weighted by molar-refractivity contribution is 5.58. The fraction of sp³-hybridized carbons (Fsp3) is 0.600. The van der Waals surface area contributed by atoms with E-state index in [0.29, 0.717) is 0 Å². The van der Waals surface area contributed by atoms with Crippen LogP contribution in [0.2, 0.25) is 0 Å². The van der Waals surface area contributed by atoms with Crippen LogP contribution in [0.25, 0.3) is 0 Å². The lowest BCUT2D eigenvalue weighted by Crippen LogP contribution is -2.47. The molecule has 0 unspecified atom stereocenters. The molecule has 2 rings (SSSR count). The molecule has 0 radical (unpaired) electrons. The molecule has 1 saturated heterocycles. The molecule has 0 amide bonds. The van der Waals surface area contributed by atoms with Crippen molar-refractivity contribution in [1.29, 1.82) is 0 Å². The van der Waals surface area contributed by atoms with Crippen LogP contribution in [0.1, 0.15) is 19.4 Å². The second-order valence-electron chi connectivity index (χ2n) is 5.72. The number of anilines is 2. The van der Waals surface area contributed by atoms with E-state index in [-0.39, 0.29) is 0 Å². The number of nitrogen functional groups attached to an aromatic ring is 1. The third kappa shape index (κ3) is 3.16. The molecular formula is C15H25N3. The van der Waals surface area contributed by atoms with Crippen molar-refractivity contribution in [3.63, 3.8) is 0 Å². The normalized spacial score (nSPS) is 17.4. The van der Waals surface area contributed by atoms with Crippen molar-refractivity contribution in [2.75, 3.05) is 43.4 Å². The van der Waals surface area contributed by atoms with Gasteiger partial charge < -0.3 is 10.6 Å². The summed E-state index contributed by atoms with van der Waals surface area (Å²) < 4.78 is 0. The van der Waals surface area contributed by atoms with Gasteiger partial charge in [-0.25, -0.2) is 0 Å². The molecule has 0 saturated carbocycles. The van der Waals surface area contributed by atoms with Crippen molar-refractivity contribution in [3.8, 4) is 0 Å². The number of aryl methyl sites for hydroxylation is 1. The molecule has 0 bridgehead atoms. The van der Waals surface area contributed by atoms with Crippen molar-refractivity contribution < 1.29 is 0 Å². The average Bonchev–Trinajstić information content (AvgIpc) is 2.33. The standard InChI is InChI=1S/C15H25N3/c1-12(2)11-17-6-8-18(9-7-17)14-4-5-15(16)13(3)10-14/h4-5,10,12H,6-9,11,16H2,1-3H3. The van der Waals surface area contributed by atoms with Gasteiger partial charge in [0.05, 0.1) is 0 Å². The summed E-state index contributed by atoms with van der Waals surface area (Å²) in [4.78, 5) is 5.02. The number of nitrogens with zero attached hydrogens (tertiary/aromatic N) is 2. The molecule has 2 N–H and O–H groups in total. The van der Waals surface area contributed by atoms with Crippen molar-refractivity contribution in [3.05, 3.63) is 23.8 Å². The topological polar surface area (TPSA) is 32.5 Å². The molecule has 3 nitrogen and oxygen atoms in total. The maximum atomic E-state index is 5.87. The van der Waals surface area contributed by atoms with Gasteiger partial charge in [0, 0.05) is 44.1 Å². The third-order valence-corrected chi connectivity index (χ3v) is 3.61. The van der Waals surface area contributed by atoms with Gasteiger partial charge in [-0.2, -0.15) is 0 Å². The predicted molar refractivity (Wildman–Crippen MR) is 79.1 cm³/mol. The highest BCUT2D eigenvalue weighted by Gasteiger charge is 2.17. The highest BCUT2D eigenvalue weighted by Crippen LogP contribution is 2.21. The van der Waals surface area contributed by atoms with Gasteiger partial charge in [0.15, 0.2) is 0 Å². The minimum atomic E-state index is 0.760. The van der Waals surface area contributed by atoms with E-state index in [4.69, 9.17) is 5.73 Å². The Morgan fingerprint density at radius 1 is 1.17 bits per heavy atom. The Labute approximate surface area is 111 Å². The molecule has 100 valence electrons. The van der Waals surface area contributed by atoms with Crippen LogP contribution in [0.4, 0.5) is 11.4 Å². The minimum absolute atomic E-state index is 0.760. The summed E-state index contributed by atoms with van der Waals surface area (Å²) in [5.74, 6) is 0.760. The molecule has 1 aromatic carbocycles. The Hall–Kier alpha value is -1.22. The molecule has 1 fully saturated rings. The maximum absolute atomic E-state index is 5.87. The molecule has 1 aliphatic rings. The molecule has 18 heavy (non-hydrogen) atoms. The van der Waals surface area contributed by atoms with Crippen LogP contribution in [0, 0.1) is 12.8 Å². The van der Waals surface area contributed by atoms with Crippen molar-refractivity contribution >= 4 is 11.4 Å². The zero-order valence-electron chi connectivity index (χ0n) is 11.8. The summed E-state index contributed by atoms with van der Waals surface area (Å²) >= 11 is 0. The zero-order chi connectivity index (χ0) is 13.1. The second kappa shape index (κ2) is 5.61. The van der Waals surface area contributed by atoms with Gasteiger partial charge >= 0.3 is 0 Å². The zero-order valence-corrected chi connectivity index (χ0v) is 11.8. The van der Waals surface area contributed by atoms with Crippen molar-refractivity contribution in [1.82, 2.24) is 4.90 Å². The van der Waals surface area contributed by atoms with E-state index < -0.39 is 0 Å². The highest BCUT2D eigenvalue weighted by atomic mass is 15.3. The lowest BCUT2D eigenvalue weighted by Gasteiger charge is -2.37. The summed E-state index contributed by atoms with van der Waals surface area (Å²) in [5.41, 5.74) is 9.24. The summed E-state index contributed by atoms with van der Waals surface area (Å²) in [6, 6.07) is 6.36. The lowest BCUT2D eigenvalue weighted by molar-refractivity contribution is 0.231. The average molecular weight is 247 g/mol. The first kappa shape index (κ1) is 13.2. The molecular weight excluding hydrogens is 222 g/mol. The summed E-state index contributed by atoms with van der Waals surface area (Å²) in [6.07, 6.45) is 0. The van der Waals surface area contributed by atoms with E-state index >= 15 is 0 Å². The minimum Gasteiger partial charge on any atom is -0.399 e.